The first-order chi connectivity index (χ1) is 15.9. The SMILES string of the molecule is CCOC1C(OC)C(C)OC(OC(=O)Nc2ccc(NNc3ccc(C)cc3)cc2)C1OC. The van der Waals surface area contributed by atoms with Gasteiger partial charge >= 0.3 is 6.09 Å². The van der Waals surface area contributed by atoms with Crippen LogP contribution >= 0.6 is 0 Å². The number of methoxy groups -OCH3 is 2. The lowest BCUT2D eigenvalue weighted by molar-refractivity contribution is -0.292. The molecule has 2 aromatic rings. The lowest BCUT2D eigenvalue weighted by Crippen LogP contribution is -2.60. The largest absolute Gasteiger partial charge is 0.416 e. The Morgan fingerprint density at radius 3 is 1.97 bits per heavy atom. The number of hydrogen-bond acceptors (Lipinski definition) is 8. The molecule has 9 heteroatoms. The molecule has 0 bridgehead atoms. The molecule has 1 aliphatic rings. The molecule has 3 N–H and O–H groups in total. The second kappa shape index (κ2) is 11.9. The number of carbonyl (C=O) groups is 1. The third-order valence-corrected chi connectivity index (χ3v) is 5.39. The van der Waals surface area contributed by atoms with Crippen molar-refractivity contribution in [3.05, 3.63) is 54.1 Å². The maximum atomic E-state index is 12.5. The van der Waals surface area contributed by atoms with Gasteiger partial charge < -0.3 is 34.5 Å². The molecule has 0 radical (unpaired) electrons. The first-order valence-corrected chi connectivity index (χ1v) is 10.9. The van der Waals surface area contributed by atoms with E-state index in [9.17, 15) is 4.79 Å². The summed E-state index contributed by atoms with van der Waals surface area (Å²) in [6, 6.07) is 15.2. The van der Waals surface area contributed by atoms with E-state index in [1.54, 1.807) is 19.2 Å². The topological polar surface area (TPSA) is 99.3 Å². The van der Waals surface area contributed by atoms with Gasteiger partial charge in [-0.05, 0) is 57.2 Å². The van der Waals surface area contributed by atoms with E-state index in [1.165, 1.54) is 12.7 Å². The molecule has 2 aromatic carbocycles. The number of hydrogen-bond donors (Lipinski definition) is 3. The van der Waals surface area contributed by atoms with Crippen LogP contribution in [0.15, 0.2) is 48.5 Å². The van der Waals surface area contributed by atoms with Gasteiger partial charge in [0.2, 0.25) is 6.29 Å². The number of anilines is 3. The number of nitrogens with one attached hydrogen (secondary N) is 3. The van der Waals surface area contributed by atoms with E-state index in [4.69, 9.17) is 23.7 Å². The molecule has 1 aliphatic heterocycles. The number of hydrazine groups is 1. The van der Waals surface area contributed by atoms with Crippen LogP contribution in [0.1, 0.15) is 19.4 Å². The molecule has 9 nitrogen and oxygen atoms in total. The smallest absolute Gasteiger partial charge is 0.414 e. The summed E-state index contributed by atoms with van der Waals surface area (Å²) in [5.74, 6) is 0. The van der Waals surface area contributed by atoms with E-state index in [2.05, 4.69) is 16.2 Å². The summed E-state index contributed by atoms with van der Waals surface area (Å²) in [4.78, 5) is 12.5. The van der Waals surface area contributed by atoms with Crippen LogP contribution in [0.25, 0.3) is 0 Å². The Bertz CT molecular complexity index is 877. The molecule has 1 saturated heterocycles. The number of carbonyl (C=O) groups excluding carboxylic acids is 1. The highest BCUT2D eigenvalue weighted by molar-refractivity contribution is 5.85. The van der Waals surface area contributed by atoms with Gasteiger partial charge in [-0.15, -0.1) is 0 Å². The van der Waals surface area contributed by atoms with Gasteiger partial charge in [-0.1, -0.05) is 17.7 Å². The van der Waals surface area contributed by atoms with Gasteiger partial charge in [-0.3, -0.25) is 5.32 Å². The summed E-state index contributed by atoms with van der Waals surface area (Å²) in [5, 5.41) is 2.71. The second-order valence-corrected chi connectivity index (χ2v) is 7.75. The zero-order valence-corrected chi connectivity index (χ0v) is 19.7. The molecule has 1 fully saturated rings. The average molecular weight is 460 g/mol. The van der Waals surface area contributed by atoms with Crippen molar-refractivity contribution < 1.29 is 28.5 Å². The number of benzene rings is 2. The minimum absolute atomic E-state index is 0.341. The fourth-order valence-electron chi connectivity index (χ4n) is 3.69. The lowest BCUT2D eigenvalue weighted by atomic mass is 9.99. The third-order valence-electron chi connectivity index (χ3n) is 5.39. The quantitative estimate of drug-likeness (QED) is 0.481. The van der Waals surface area contributed by atoms with E-state index in [-0.39, 0.29) is 12.2 Å². The van der Waals surface area contributed by atoms with Gasteiger partial charge in [0.15, 0.2) is 0 Å². The van der Waals surface area contributed by atoms with Gasteiger partial charge in [0.05, 0.1) is 17.5 Å². The predicted molar refractivity (Wildman–Crippen MR) is 126 cm³/mol. The van der Waals surface area contributed by atoms with Gasteiger partial charge in [-0.2, -0.15) is 0 Å². The van der Waals surface area contributed by atoms with Gasteiger partial charge in [0.25, 0.3) is 0 Å². The van der Waals surface area contributed by atoms with E-state index >= 15 is 0 Å². The molecule has 0 saturated carbocycles. The van der Waals surface area contributed by atoms with Crippen LogP contribution < -0.4 is 16.2 Å². The maximum absolute atomic E-state index is 12.5. The molecule has 1 heterocycles. The molecular formula is C24H33N3O6. The molecule has 1 amide bonds. The molecule has 5 atom stereocenters. The first kappa shape index (κ1) is 24.8. The van der Waals surface area contributed by atoms with Gasteiger partial charge in [0, 0.05) is 26.5 Å². The standard InChI is InChI=1S/C24H33N3O6/c1-6-31-21-20(29-4)16(3)32-23(22(21)30-5)33-24(28)25-17-11-13-19(14-12-17)27-26-18-9-7-15(2)8-10-18/h7-14,16,20-23,26-27H,6H2,1-5H3,(H,25,28). The molecule has 0 spiro atoms. The normalized spacial score (nSPS) is 24.7. The minimum Gasteiger partial charge on any atom is -0.416 e. The Labute approximate surface area is 194 Å². The molecule has 180 valence electrons. The Hall–Kier alpha value is -2.85. The molecular weight excluding hydrogens is 426 g/mol. The van der Waals surface area contributed by atoms with Crippen molar-refractivity contribution in [3.8, 4) is 0 Å². The van der Waals surface area contributed by atoms with Crippen LogP contribution in [0, 0.1) is 6.92 Å². The van der Waals surface area contributed by atoms with Crippen molar-refractivity contribution >= 4 is 23.2 Å². The fraction of sp³-hybridized carbons (Fsp3) is 0.458. The van der Waals surface area contributed by atoms with Crippen molar-refractivity contribution in [1.29, 1.82) is 0 Å². The zero-order valence-electron chi connectivity index (χ0n) is 19.7. The van der Waals surface area contributed by atoms with E-state index < -0.39 is 24.6 Å². The molecule has 0 aromatic heterocycles. The van der Waals surface area contributed by atoms with Crippen LogP contribution in [0.2, 0.25) is 0 Å². The summed E-state index contributed by atoms with van der Waals surface area (Å²) >= 11 is 0. The summed E-state index contributed by atoms with van der Waals surface area (Å²) in [6.45, 7) is 6.24. The number of amides is 1. The van der Waals surface area contributed by atoms with Crippen LogP contribution in [-0.4, -0.2) is 57.6 Å². The van der Waals surface area contributed by atoms with Crippen LogP contribution in [0.3, 0.4) is 0 Å². The zero-order chi connectivity index (χ0) is 23.8. The predicted octanol–water partition coefficient (Wildman–Crippen LogP) is 4.16. The van der Waals surface area contributed by atoms with E-state index in [0.29, 0.717) is 12.3 Å². The monoisotopic (exact) mass is 459 g/mol. The number of aryl methyl sites for hydroxylation is 1. The molecule has 33 heavy (non-hydrogen) atoms. The number of ether oxygens (including phenoxy) is 5. The van der Waals surface area contributed by atoms with E-state index in [0.717, 1.165) is 11.4 Å². The molecule has 0 aliphatic carbocycles. The highest BCUT2D eigenvalue weighted by atomic mass is 16.7. The van der Waals surface area contributed by atoms with Crippen molar-refractivity contribution in [2.75, 3.05) is 37.0 Å². The highest BCUT2D eigenvalue weighted by Crippen LogP contribution is 2.28. The Kier molecular flexibility index (Phi) is 8.90. The average Bonchev–Trinajstić information content (AvgIpc) is 2.80. The van der Waals surface area contributed by atoms with Crippen molar-refractivity contribution in [2.45, 2.75) is 51.5 Å². The van der Waals surface area contributed by atoms with Crippen molar-refractivity contribution in [3.63, 3.8) is 0 Å². The summed E-state index contributed by atoms with van der Waals surface area (Å²) in [5.41, 5.74) is 9.80. The minimum atomic E-state index is -0.937. The van der Waals surface area contributed by atoms with Crippen LogP contribution in [0.4, 0.5) is 21.9 Å². The second-order valence-electron chi connectivity index (χ2n) is 7.75. The third kappa shape index (κ3) is 6.58. The molecule has 5 unspecified atom stereocenters. The Morgan fingerprint density at radius 1 is 0.879 bits per heavy atom. The Morgan fingerprint density at radius 2 is 1.42 bits per heavy atom. The summed E-state index contributed by atoms with van der Waals surface area (Å²) in [7, 11) is 3.11. The Balaban J connectivity index is 1.55. The first-order valence-electron chi connectivity index (χ1n) is 10.9. The molecule has 3 rings (SSSR count). The van der Waals surface area contributed by atoms with Crippen LogP contribution in [0.5, 0.6) is 0 Å². The van der Waals surface area contributed by atoms with Gasteiger partial charge in [0.1, 0.15) is 18.3 Å². The summed E-state index contributed by atoms with van der Waals surface area (Å²) in [6.07, 6.45) is -3.34. The number of rotatable bonds is 9. The van der Waals surface area contributed by atoms with Crippen molar-refractivity contribution in [2.24, 2.45) is 0 Å². The lowest BCUT2D eigenvalue weighted by Gasteiger charge is -2.43. The van der Waals surface area contributed by atoms with Crippen molar-refractivity contribution in [1.82, 2.24) is 0 Å². The maximum Gasteiger partial charge on any atom is 0.414 e. The van der Waals surface area contributed by atoms with E-state index in [1.807, 2.05) is 57.2 Å². The summed E-state index contributed by atoms with van der Waals surface area (Å²) < 4.78 is 28.2. The highest BCUT2D eigenvalue weighted by Gasteiger charge is 2.47. The van der Waals surface area contributed by atoms with Crippen LogP contribution in [-0.2, 0) is 23.7 Å². The fourth-order valence-corrected chi connectivity index (χ4v) is 3.69. The van der Waals surface area contributed by atoms with Gasteiger partial charge in [-0.25, -0.2) is 4.79 Å².